The van der Waals surface area contributed by atoms with Gasteiger partial charge in [-0.25, -0.2) is 0 Å². The molecule has 1 saturated heterocycles. The summed E-state index contributed by atoms with van der Waals surface area (Å²) < 4.78 is 28.2. The zero-order valence-corrected chi connectivity index (χ0v) is 10.1. The molecular weight excluding hydrogens is 258 g/mol. The molecule has 1 aromatic carbocycles. The van der Waals surface area contributed by atoms with Crippen LogP contribution in [0.2, 0.25) is 0 Å². The molecule has 1 N–H and O–H groups in total. The van der Waals surface area contributed by atoms with Crippen LogP contribution < -0.4 is 15.0 Å². The number of hydrogen-bond donors (Lipinski definition) is 1. The van der Waals surface area contributed by atoms with Gasteiger partial charge in [0.2, 0.25) is 11.8 Å². The Bertz CT molecular complexity index is 490. The number of amides is 2. The second kappa shape index (κ2) is 5.21. The number of ether oxygens (including phenoxy) is 1. The van der Waals surface area contributed by atoms with Gasteiger partial charge in [0.25, 0.3) is 0 Å². The molecule has 1 heterocycles. The van der Waals surface area contributed by atoms with Gasteiger partial charge in [-0.3, -0.25) is 9.59 Å². The molecule has 1 aliphatic heterocycles. The molecule has 1 unspecified atom stereocenters. The minimum absolute atomic E-state index is 0.000656. The predicted octanol–water partition coefficient (Wildman–Crippen LogP) is 1.14. The lowest BCUT2D eigenvalue weighted by molar-refractivity contribution is -0.130. The van der Waals surface area contributed by atoms with Crippen LogP contribution in [0.5, 0.6) is 5.75 Å². The first-order valence-corrected chi connectivity index (χ1v) is 5.63. The summed E-state index contributed by atoms with van der Waals surface area (Å²) in [5.41, 5.74) is 0.466. The standard InChI is InChI=1S/C12H12F2N2O3/c1-7-11(18)16(6-10(17)15-7)8-2-4-9(5-3-8)19-12(13)14/h2-5,7,12H,6H2,1H3,(H,15,17). The molecule has 102 valence electrons. The monoisotopic (exact) mass is 270 g/mol. The molecule has 0 bridgehead atoms. The molecule has 7 heteroatoms. The number of alkyl halides is 2. The quantitative estimate of drug-likeness (QED) is 0.896. The maximum absolute atomic E-state index is 12.0. The summed E-state index contributed by atoms with van der Waals surface area (Å²) in [6, 6.07) is 4.97. The van der Waals surface area contributed by atoms with E-state index in [0.29, 0.717) is 5.69 Å². The van der Waals surface area contributed by atoms with Crippen LogP contribution in [0.3, 0.4) is 0 Å². The number of anilines is 1. The molecule has 2 rings (SSSR count). The fourth-order valence-electron chi connectivity index (χ4n) is 1.83. The van der Waals surface area contributed by atoms with E-state index in [9.17, 15) is 18.4 Å². The topological polar surface area (TPSA) is 58.6 Å². The van der Waals surface area contributed by atoms with Crippen molar-refractivity contribution < 1.29 is 23.1 Å². The van der Waals surface area contributed by atoms with Gasteiger partial charge >= 0.3 is 6.61 Å². The van der Waals surface area contributed by atoms with Crippen LogP contribution in [0.25, 0.3) is 0 Å². The summed E-state index contributed by atoms with van der Waals surface area (Å²) in [7, 11) is 0. The second-order valence-corrected chi connectivity index (χ2v) is 4.09. The number of piperazine rings is 1. The van der Waals surface area contributed by atoms with Crippen LogP contribution in [-0.2, 0) is 9.59 Å². The molecule has 1 aromatic rings. The van der Waals surface area contributed by atoms with E-state index in [1.165, 1.54) is 29.2 Å². The van der Waals surface area contributed by atoms with Crippen LogP contribution in [0.4, 0.5) is 14.5 Å². The molecule has 1 aliphatic rings. The number of carbonyl (C=O) groups is 2. The highest BCUT2D eigenvalue weighted by atomic mass is 19.3. The van der Waals surface area contributed by atoms with E-state index in [4.69, 9.17) is 0 Å². The molecule has 0 saturated carbocycles. The number of rotatable bonds is 3. The van der Waals surface area contributed by atoms with Gasteiger partial charge in [0, 0.05) is 5.69 Å². The summed E-state index contributed by atoms with van der Waals surface area (Å²) >= 11 is 0. The van der Waals surface area contributed by atoms with Crippen molar-refractivity contribution in [3.63, 3.8) is 0 Å². The Morgan fingerprint density at radius 2 is 1.95 bits per heavy atom. The maximum atomic E-state index is 12.0. The third kappa shape index (κ3) is 2.98. The van der Waals surface area contributed by atoms with Gasteiger partial charge in [-0.15, -0.1) is 0 Å². The second-order valence-electron chi connectivity index (χ2n) is 4.09. The number of nitrogens with one attached hydrogen (secondary N) is 1. The lowest BCUT2D eigenvalue weighted by Crippen LogP contribution is -2.57. The molecular formula is C12H12F2N2O3. The van der Waals surface area contributed by atoms with Crippen molar-refractivity contribution in [2.45, 2.75) is 19.6 Å². The Morgan fingerprint density at radius 1 is 1.32 bits per heavy atom. The van der Waals surface area contributed by atoms with E-state index in [0.717, 1.165) is 0 Å². The van der Waals surface area contributed by atoms with E-state index < -0.39 is 12.7 Å². The molecule has 19 heavy (non-hydrogen) atoms. The van der Waals surface area contributed by atoms with E-state index in [-0.39, 0.29) is 24.1 Å². The van der Waals surface area contributed by atoms with Crippen LogP contribution in [-0.4, -0.2) is 31.0 Å². The molecule has 0 radical (unpaired) electrons. The summed E-state index contributed by atoms with van der Waals surface area (Å²) in [6.45, 7) is -1.40. The smallest absolute Gasteiger partial charge is 0.387 e. The van der Waals surface area contributed by atoms with E-state index in [2.05, 4.69) is 10.1 Å². The average molecular weight is 270 g/mol. The van der Waals surface area contributed by atoms with Gasteiger partial charge in [0.15, 0.2) is 0 Å². The lowest BCUT2D eigenvalue weighted by Gasteiger charge is -2.30. The highest BCUT2D eigenvalue weighted by Crippen LogP contribution is 2.22. The Kier molecular flexibility index (Phi) is 3.64. The van der Waals surface area contributed by atoms with Crippen molar-refractivity contribution in [1.82, 2.24) is 5.32 Å². The lowest BCUT2D eigenvalue weighted by atomic mass is 10.2. The molecule has 0 spiro atoms. The first kappa shape index (κ1) is 13.3. The zero-order chi connectivity index (χ0) is 14.0. The van der Waals surface area contributed by atoms with Crippen molar-refractivity contribution in [2.75, 3.05) is 11.4 Å². The van der Waals surface area contributed by atoms with Crippen LogP contribution in [0.15, 0.2) is 24.3 Å². The predicted molar refractivity (Wildman–Crippen MR) is 63.0 cm³/mol. The van der Waals surface area contributed by atoms with Gasteiger partial charge in [-0.05, 0) is 31.2 Å². The van der Waals surface area contributed by atoms with Gasteiger partial charge in [0.05, 0.1) is 0 Å². The number of nitrogens with zero attached hydrogens (tertiary/aromatic N) is 1. The van der Waals surface area contributed by atoms with Crippen molar-refractivity contribution in [1.29, 1.82) is 0 Å². The molecule has 0 aliphatic carbocycles. The Labute approximate surface area is 108 Å². The first-order chi connectivity index (χ1) is 8.97. The van der Waals surface area contributed by atoms with E-state index >= 15 is 0 Å². The normalized spacial score (nSPS) is 19.6. The van der Waals surface area contributed by atoms with Crippen LogP contribution >= 0.6 is 0 Å². The molecule has 0 aromatic heterocycles. The maximum Gasteiger partial charge on any atom is 0.387 e. The molecule has 2 amide bonds. The highest BCUT2D eigenvalue weighted by Gasteiger charge is 2.30. The summed E-state index contributed by atoms with van der Waals surface area (Å²) in [4.78, 5) is 24.6. The number of benzene rings is 1. The fourth-order valence-corrected chi connectivity index (χ4v) is 1.83. The van der Waals surface area contributed by atoms with E-state index in [1.807, 2.05) is 0 Å². The third-order valence-corrected chi connectivity index (χ3v) is 2.69. The Balaban J connectivity index is 2.17. The Morgan fingerprint density at radius 3 is 2.53 bits per heavy atom. The summed E-state index contributed by atoms with van der Waals surface area (Å²) in [6.07, 6.45) is 0. The van der Waals surface area contributed by atoms with Gasteiger partial charge in [-0.1, -0.05) is 0 Å². The van der Waals surface area contributed by atoms with Gasteiger partial charge in [0.1, 0.15) is 18.3 Å². The SMILES string of the molecule is CC1NC(=O)CN(c2ccc(OC(F)F)cc2)C1=O. The van der Waals surface area contributed by atoms with Crippen molar-refractivity contribution in [3.05, 3.63) is 24.3 Å². The van der Waals surface area contributed by atoms with Crippen molar-refractivity contribution >= 4 is 17.5 Å². The van der Waals surface area contributed by atoms with E-state index in [1.54, 1.807) is 6.92 Å². The van der Waals surface area contributed by atoms with Crippen LogP contribution in [0.1, 0.15) is 6.92 Å². The number of halogens is 2. The minimum atomic E-state index is -2.90. The zero-order valence-electron chi connectivity index (χ0n) is 10.1. The van der Waals surface area contributed by atoms with Crippen LogP contribution in [0, 0.1) is 0 Å². The number of carbonyl (C=O) groups excluding carboxylic acids is 2. The average Bonchev–Trinajstić information content (AvgIpc) is 2.34. The number of hydrogen-bond acceptors (Lipinski definition) is 3. The molecule has 1 fully saturated rings. The first-order valence-electron chi connectivity index (χ1n) is 5.63. The van der Waals surface area contributed by atoms with Crippen molar-refractivity contribution in [3.8, 4) is 5.75 Å². The van der Waals surface area contributed by atoms with Crippen molar-refractivity contribution in [2.24, 2.45) is 0 Å². The van der Waals surface area contributed by atoms with Gasteiger partial charge < -0.3 is 15.0 Å². The van der Waals surface area contributed by atoms with Gasteiger partial charge in [-0.2, -0.15) is 8.78 Å². The fraction of sp³-hybridized carbons (Fsp3) is 0.333. The highest BCUT2D eigenvalue weighted by molar-refractivity contribution is 6.06. The largest absolute Gasteiger partial charge is 0.435 e. The molecule has 1 atom stereocenters. The third-order valence-electron chi connectivity index (χ3n) is 2.69. The summed E-state index contributed by atoms with van der Waals surface area (Å²) in [5, 5.41) is 2.51. The minimum Gasteiger partial charge on any atom is -0.435 e. The Hall–Kier alpha value is -2.18. The molecule has 5 nitrogen and oxygen atoms in total. The summed E-state index contributed by atoms with van der Waals surface area (Å²) in [5.74, 6) is -0.511.